The molecule has 3 aromatic carbocycles. The zero-order chi connectivity index (χ0) is 25.9. The van der Waals surface area contributed by atoms with Gasteiger partial charge in [0.2, 0.25) is 11.1 Å². The molecule has 0 unspecified atom stereocenters. The number of carbonyl (C=O) groups excluding carboxylic acids is 1. The standard InChI is InChI=1S/C26H21ClN6O3S/c1-16-22(24(34)29-19-8-3-2-4-9-19)23(17-11-13-20(14-12-17)33(35)36)32-25(28-16)30-26(31-32)37-15-18-7-5-6-10-21(18)27/h2-14,23H,15H2,1H3,(H,29,34)(H,28,30,31)/t23-/m0/s1. The Morgan fingerprint density at radius 3 is 2.51 bits per heavy atom. The number of thioether (sulfide) groups is 1. The van der Waals surface area contributed by atoms with E-state index in [4.69, 9.17) is 16.7 Å². The number of aromatic nitrogens is 3. The van der Waals surface area contributed by atoms with E-state index in [0.29, 0.717) is 44.4 Å². The Labute approximate surface area is 221 Å². The minimum absolute atomic E-state index is 0.0385. The molecule has 0 aliphatic carbocycles. The van der Waals surface area contributed by atoms with Crippen LogP contribution in [0.4, 0.5) is 17.3 Å². The van der Waals surface area contributed by atoms with Crippen molar-refractivity contribution >= 4 is 46.6 Å². The highest BCUT2D eigenvalue weighted by molar-refractivity contribution is 7.98. The fourth-order valence-corrected chi connectivity index (χ4v) is 5.17. The van der Waals surface area contributed by atoms with Crippen molar-refractivity contribution < 1.29 is 9.72 Å². The number of hydrogen-bond acceptors (Lipinski definition) is 7. The number of para-hydroxylation sites is 1. The number of benzene rings is 3. The second-order valence-electron chi connectivity index (χ2n) is 8.28. The van der Waals surface area contributed by atoms with Crippen LogP contribution < -0.4 is 10.6 Å². The maximum absolute atomic E-state index is 13.5. The molecule has 1 aliphatic rings. The molecule has 1 atom stereocenters. The minimum Gasteiger partial charge on any atom is -0.328 e. The van der Waals surface area contributed by atoms with Crippen LogP contribution in [0.25, 0.3) is 0 Å². The lowest BCUT2D eigenvalue weighted by Gasteiger charge is -2.28. The van der Waals surface area contributed by atoms with Crippen LogP contribution in [0.15, 0.2) is 95.3 Å². The predicted molar refractivity (Wildman–Crippen MR) is 144 cm³/mol. The molecule has 0 fully saturated rings. The number of rotatable bonds is 7. The molecule has 0 saturated carbocycles. The predicted octanol–water partition coefficient (Wildman–Crippen LogP) is 6.06. The number of anilines is 2. The lowest BCUT2D eigenvalue weighted by atomic mass is 9.95. The van der Waals surface area contributed by atoms with Gasteiger partial charge >= 0.3 is 0 Å². The quantitative estimate of drug-likeness (QED) is 0.169. The summed E-state index contributed by atoms with van der Waals surface area (Å²) in [5.41, 5.74) is 3.27. The first-order chi connectivity index (χ1) is 17.9. The monoisotopic (exact) mass is 532 g/mol. The summed E-state index contributed by atoms with van der Waals surface area (Å²) in [5, 5.41) is 23.2. The van der Waals surface area contributed by atoms with E-state index in [9.17, 15) is 14.9 Å². The number of fused-ring (bicyclic) bond motifs is 1. The minimum atomic E-state index is -0.650. The van der Waals surface area contributed by atoms with Crippen molar-refractivity contribution in [2.75, 3.05) is 10.6 Å². The normalized spacial score (nSPS) is 14.6. The fraction of sp³-hybridized carbons (Fsp3) is 0.115. The first-order valence-corrected chi connectivity index (χ1v) is 12.7. The molecule has 4 aromatic rings. The largest absolute Gasteiger partial charge is 0.328 e. The molecule has 0 spiro atoms. The molecule has 0 radical (unpaired) electrons. The van der Waals surface area contributed by atoms with E-state index in [1.54, 1.807) is 35.9 Å². The number of amides is 1. The Morgan fingerprint density at radius 2 is 1.81 bits per heavy atom. The molecule has 0 saturated heterocycles. The molecule has 1 amide bonds. The van der Waals surface area contributed by atoms with E-state index in [0.717, 1.165) is 5.56 Å². The summed E-state index contributed by atoms with van der Waals surface area (Å²) in [7, 11) is 0. The van der Waals surface area contributed by atoms with Crippen LogP contribution in [0, 0.1) is 10.1 Å². The molecule has 2 heterocycles. The Morgan fingerprint density at radius 1 is 1.11 bits per heavy atom. The van der Waals surface area contributed by atoms with E-state index in [-0.39, 0.29) is 11.6 Å². The van der Waals surface area contributed by atoms with Gasteiger partial charge < -0.3 is 10.6 Å². The van der Waals surface area contributed by atoms with Gasteiger partial charge in [-0.25, -0.2) is 4.68 Å². The molecular weight excluding hydrogens is 512 g/mol. The summed E-state index contributed by atoms with van der Waals surface area (Å²) < 4.78 is 1.64. The third kappa shape index (κ3) is 5.20. The fourth-order valence-electron chi connectivity index (χ4n) is 4.05. The maximum Gasteiger partial charge on any atom is 0.269 e. The molecule has 5 rings (SSSR count). The molecule has 11 heteroatoms. The van der Waals surface area contributed by atoms with E-state index in [1.807, 2.05) is 42.5 Å². The molecule has 186 valence electrons. The van der Waals surface area contributed by atoms with Crippen LogP contribution in [0.2, 0.25) is 5.02 Å². The summed E-state index contributed by atoms with van der Waals surface area (Å²) >= 11 is 7.72. The second kappa shape index (κ2) is 10.5. The molecule has 0 bridgehead atoms. The molecule has 37 heavy (non-hydrogen) atoms. The number of halogens is 1. The molecular formula is C26H21ClN6O3S. The van der Waals surface area contributed by atoms with Crippen molar-refractivity contribution in [2.45, 2.75) is 23.9 Å². The Hall–Kier alpha value is -4.15. The van der Waals surface area contributed by atoms with Crippen LogP contribution in [-0.4, -0.2) is 25.6 Å². The van der Waals surface area contributed by atoms with Gasteiger partial charge in [0, 0.05) is 34.3 Å². The number of allylic oxidation sites excluding steroid dienone is 1. The van der Waals surface area contributed by atoms with Gasteiger partial charge in [-0.15, -0.1) is 5.10 Å². The van der Waals surface area contributed by atoms with Crippen molar-refractivity contribution in [1.29, 1.82) is 0 Å². The third-order valence-electron chi connectivity index (χ3n) is 5.84. The van der Waals surface area contributed by atoms with Gasteiger partial charge in [0.15, 0.2) is 0 Å². The van der Waals surface area contributed by atoms with Gasteiger partial charge in [-0.3, -0.25) is 14.9 Å². The zero-order valence-electron chi connectivity index (χ0n) is 19.6. The summed E-state index contributed by atoms with van der Waals surface area (Å²) in [4.78, 5) is 28.9. The average Bonchev–Trinajstić information content (AvgIpc) is 3.30. The summed E-state index contributed by atoms with van der Waals surface area (Å²) in [6.07, 6.45) is 0. The number of nitro groups is 1. The molecule has 9 nitrogen and oxygen atoms in total. The van der Waals surface area contributed by atoms with Gasteiger partial charge in [0.1, 0.15) is 6.04 Å². The van der Waals surface area contributed by atoms with Crippen molar-refractivity contribution in [1.82, 2.24) is 14.8 Å². The smallest absolute Gasteiger partial charge is 0.269 e. The lowest BCUT2D eigenvalue weighted by molar-refractivity contribution is -0.384. The van der Waals surface area contributed by atoms with Crippen molar-refractivity contribution in [3.8, 4) is 0 Å². The molecule has 1 aromatic heterocycles. The topological polar surface area (TPSA) is 115 Å². The lowest BCUT2D eigenvalue weighted by Crippen LogP contribution is -2.31. The van der Waals surface area contributed by atoms with Gasteiger partial charge in [0.25, 0.3) is 11.6 Å². The van der Waals surface area contributed by atoms with E-state index < -0.39 is 11.0 Å². The highest BCUT2D eigenvalue weighted by atomic mass is 35.5. The Balaban J connectivity index is 1.51. The van der Waals surface area contributed by atoms with Crippen LogP contribution in [-0.2, 0) is 10.5 Å². The van der Waals surface area contributed by atoms with E-state index >= 15 is 0 Å². The Bertz CT molecular complexity index is 1500. The van der Waals surface area contributed by atoms with Crippen LogP contribution in [0.5, 0.6) is 0 Å². The number of nitrogens with one attached hydrogen (secondary N) is 2. The van der Waals surface area contributed by atoms with Crippen LogP contribution >= 0.6 is 23.4 Å². The van der Waals surface area contributed by atoms with Gasteiger partial charge in [-0.2, -0.15) is 4.98 Å². The highest BCUT2D eigenvalue weighted by Gasteiger charge is 2.34. The number of nitrogens with zero attached hydrogens (tertiary/aromatic N) is 4. The first kappa shape index (κ1) is 24.5. The Kier molecular flexibility index (Phi) is 6.93. The highest BCUT2D eigenvalue weighted by Crippen LogP contribution is 2.37. The average molecular weight is 533 g/mol. The maximum atomic E-state index is 13.5. The SMILES string of the molecule is CC1=C(C(=O)Nc2ccccc2)[C@H](c2ccc([N+](=O)[O-])cc2)n2nc(SCc3ccccc3Cl)nc2N1. The van der Waals surface area contributed by atoms with Crippen molar-refractivity contribution in [2.24, 2.45) is 0 Å². The zero-order valence-corrected chi connectivity index (χ0v) is 21.2. The van der Waals surface area contributed by atoms with Crippen LogP contribution in [0.1, 0.15) is 24.1 Å². The molecule has 2 N–H and O–H groups in total. The van der Waals surface area contributed by atoms with Gasteiger partial charge in [-0.1, -0.05) is 59.8 Å². The first-order valence-electron chi connectivity index (χ1n) is 11.3. The number of non-ortho nitro benzene ring substituents is 1. The summed E-state index contributed by atoms with van der Waals surface area (Å²) in [6, 6.07) is 22.2. The van der Waals surface area contributed by atoms with Gasteiger partial charge in [0.05, 0.1) is 10.5 Å². The number of hydrogen-bond donors (Lipinski definition) is 2. The second-order valence-corrected chi connectivity index (χ2v) is 9.63. The summed E-state index contributed by atoms with van der Waals surface area (Å²) in [6.45, 7) is 1.80. The third-order valence-corrected chi connectivity index (χ3v) is 7.10. The summed E-state index contributed by atoms with van der Waals surface area (Å²) in [5.74, 6) is 0.726. The number of nitro benzene ring substituents is 1. The van der Waals surface area contributed by atoms with Crippen LogP contribution in [0.3, 0.4) is 0 Å². The van der Waals surface area contributed by atoms with E-state index in [2.05, 4.69) is 15.6 Å². The molecule has 1 aliphatic heterocycles. The van der Waals surface area contributed by atoms with E-state index in [1.165, 1.54) is 23.9 Å². The van der Waals surface area contributed by atoms with Gasteiger partial charge in [-0.05, 0) is 48.4 Å². The number of carbonyl (C=O) groups is 1. The van der Waals surface area contributed by atoms with Crippen molar-refractivity contribution in [3.05, 3.63) is 116 Å². The van der Waals surface area contributed by atoms with Crippen molar-refractivity contribution in [3.63, 3.8) is 0 Å².